The van der Waals surface area contributed by atoms with Crippen molar-refractivity contribution in [1.29, 1.82) is 0 Å². The first kappa shape index (κ1) is 22.4. The predicted octanol–water partition coefficient (Wildman–Crippen LogP) is 3.02. The third-order valence-corrected chi connectivity index (χ3v) is 4.20. The topological polar surface area (TPSA) is 151 Å². The van der Waals surface area contributed by atoms with Crippen LogP contribution in [0.2, 0.25) is 10.0 Å². The number of hydrogen-bond acceptors (Lipinski definition) is 5. The van der Waals surface area contributed by atoms with E-state index >= 15 is 0 Å². The van der Waals surface area contributed by atoms with Gasteiger partial charge in [0, 0.05) is 10.7 Å². The summed E-state index contributed by atoms with van der Waals surface area (Å²) in [4.78, 5) is 34.2. The summed E-state index contributed by atoms with van der Waals surface area (Å²) in [6.07, 6.45) is -1.72. The molecule has 0 saturated heterocycles. The van der Waals surface area contributed by atoms with Crippen molar-refractivity contribution in [3.63, 3.8) is 0 Å². The lowest BCUT2D eigenvalue weighted by atomic mass is 10.1. The number of carboxylic acid groups (broad SMARTS) is 2. The Morgan fingerprint density at radius 3 is 2.38 bits per heavy atom. The molecule has 9 nitrogen and oxygen atoms in total. The molecule has 2 rings (SSSR count). The molecule has 0 spiro atoms. The molecule has 2 aromatic rings. The standard InChI is InChI=1S/C18H17Cl2N3O6/c19-10-4-5-13(12(20)7-10)23-18(28)22-11-3-1-2-9(6-11)8-29-15(17(26)27)14(21)16(24)25/h1-7,14-15H,8,21H2,(H,24,25)(H,26,27)(H2,22,23,28)/t14-,15-/m0/s1. The van der Waals surface area contributed by atoms with E-state index in [-0.39, 0.29) is 11.6 Å². The summed E-state index contributed by atoms with van der Waals surface area (Å²) in [5.41, 5.74) is 6.58. The number of carbonyl (C=O) groups excluding carboxylic acids is 1. The molecule has 0 saturated carbocycles. The number of ether oxygens (including phenoxy) is 1. The summed E-state index contributed by atoms with van der Waals surface area (Å²) >= 11 is 11.8. The summed E-state index contributed by atoms with van der Waals surface area (Å²) in [7, 11) is 0. The molecule has 0 unspecified atom stereocenters. The fraction of sp³-hybridized carbons (Fsp3) is 0.167. The van der Waals surface area contributed by atoms with Crippen molar-refractivity contribution in [2.24, 2.45) is 5.73 Å². The summed E-state index contributed by atoms with van der Waals surface area (Å²) in [5.74, 6) is -2.99. The second-order valence-corrected chi connectivity index (χ2v) is 6.68. The van der Waals surface area contributed by atoms with Gasteiger partial charge >= 0.3 is 18.0 Å². The van der Waals surface area contributed by atoms with Crippen LogP contribution in [0.5, 0.6) is 0 Å². The third-order valence-electron chi connectivity index (χ3n) is 3.65. The first-order chi connectivity index (χ1) is 13.7. The van der Waals surface area contributed by atoms with E-state index in [1.54, 1.807) is 30.3 Å². The lowest BCUT2D eigenvalue weighted by Gasteiger charge is -2.17. The molecule has 0 bridgehead atoms. The van der Waals surface area contributed by atoms with Crippen molar-refractivity contribution in [3.8, 4) is 0 Å². The number of urea groups is 1. The van der Waals surface area contributed by atoms with Gasteiger partial charge in [0.2, 0.25) is 0 Å². The molecule has 6 N–H and O–H groups in total. The molecular weight excluding hydrogens is 425 g/mol. The maximum Gasteiger partial charge on any atom is 0.335 e. The summed E-state index contributed by atoms with van der Waals surface area (Å²) in [5, 5.41) is 23.8. The largest absolute Gasteiger partial charge is 0.480 e. The van der Waals surface area contributed by atoms with Crippen molar-refractivity contribution in [1.82, 2.24) is 0 Å². The fourth-order valence-electron chi connectivity index (χ4n) is 2.26. The molecule has 2 atom stereocenters. The van der Waals surface area contributed by atoms with E-state index in [1.807, 2.05) is 0 Å². The molecule has 0 aromatic heterocycles. The molecule has 0 fully saturated rings. The number of benzene rings is 2. The number of nitrogens with two attached hydrogens (primary N) is 1. The van der Waals surface area contributed by atoms with Gasteiger partial charge in [0.15, 0.2) is 6.10 Å². The maximum absolute atomic E-state index is 12.1. The van der Waals surface area contributed by atoms with Crippen LogP contribution >= 0.6 is 23.2 Å². The van der Waals surface area contributed by atoms with E-state index in [0.29, 0.717) is 22.0 Å². The fourth-order valence-corrected chi connectivity index (χ4v) is 2.71. The number of halogens is 2. The Labute approximate surface area is 175 Å². The van der Waals surface area contributed by atoms with Gasteiger partial charge in [-0.1, -0.05) is 35.3 Å². The number of aliphatic carboxylic acids is 2. The first-order valence-corrected chi connectivity index (χ1v) is 8.87. The monoisotopic (exact) mass is 441 g/mol. The molecule has 0 aliphatic rings. The number of carboxylic acids is 2. The van der Waals surface area contributed by atoms with Crippen LogP contribution in [0.15, 0.2) is 42.5 Å². The van der Waals surface area contributed by atoms with E-state index in [2.05, 4.69) is 10.6 Å². The van der Waals surface area contributed by atoms with Crippen molar-refractivity contribution in [3.05, 3.63) is 58.1 Å². The molecule has 2 aromatic carbocycles. The second kappa shape index (κ2) is 10.1. The third kappa shape index (κ3) is 6.61. The Morgan fingerprint density at radius 2 is 1.76 bits per heavy atom. The minimum Gasteiger partial charge on any atom is -0.480 e. The van der Waals surface area contributed by atoms with Gasteiger partial charge in [-0.15, -0.1) is 0 Å². The van der Waals surface area contributed by atoms with Crippen LogP contribution < -0.4 is 16.4 Å². The van der Waals surface area contributed by atoms with E-state index in [4.69, 9.17) is 43.9 Å². The van der Waals surface area contributed by atoms with Crippen LogP contribution in [0.1, 0.15) is 5.56 Å². The Morgan fingerprint density at radius 1 is 1.03 bits per heavy atom. The number of anilines is 2. The van der Waals surface area contributed by atoms with Gasteiger partial charge in [0.05, 0.1) is 17.3 Å². The number of hydrogen-bond donors (Lipinski definition) is 5. The molecule has 0 aliphatic carbocycles. The number of amides is 2. The van der Waals surface area contributed by atoms with Crippen LogP contribution in [-0.2, 0) is 20.9 Å². The maximum atomic E-state index is 12.1. The molecule has 2 amide bonds. The lowest BCUT2D eigenvalue weighted by molar-refractivity contribution is -0.159. The molecule has 11 heteroatoms. The average Bonchev–Trinajstić information content (AvgIpc) is 2.64. The Balaban J connectivity index is 2.00. The van der Waals surface area contributed by atoms with Gasteiger partial charge in [0.1, 0.15) is 6.04 Å². The zero-order valence-corrected chi connectivity index (χ0v) is 16.3. The Bertz CT molecular complexity index is 924. The normalized spacial score (nSPS) is 12.7. The van der Waals surface area contributed by atoms with Crippen molar-refractivity contribution in [2.75, 3.05) is 10.6 Å². The van der Waals surface area contributed by atoms with E-state index in [9.17, 15) is 14.4 Å². The van der Waals surface area contributed by atoms with Crippen LogP contribution in [0.4, 0.5) is 16.2 Å². The van der Waals surface area contributed by atoms with Gasteiger partial charge < -0.3 is 31.3 Å². The van der Waals surface area contributed by atoms with Gasteiger partial charge in [-0.05, 0) is 35.9 Å². The smallest absolute Gasteiger partial charge is 0.335 e. The van der Waals surface area contributed by atoms with Crippen molar-refractivity contribution in [2.45, 2.75) is 18.8 Å². The number of carbonyl (C=O) groups is 3. The van der Waals surface area contributed by atoms with E-state index in [1.165, 1.54) is 12.1 Å². The highest BCUT2D eigenvalue weighted by atomic mass is 35.5. The average molecular weight is 442 g/mol. The van der Waals surface area contributed by atoms with Crippen molar-refractivity contribution >= 4 is 52.5 Å². The highest BCUT2D eigenvalue weighted by Gasteiger charge is 2.31. The number of rotatable bonds is 8. The van der Waals surface area contributed by atoms with E-state index < -0.39 is 30.1 Å². The van der Waals surface area contributed by atoms with Gasteiger partial charge in [-0.3, -0.25) is 4.79 Å². The van der Waals surface area contributed by atoms with Crippen LogP contribution in [0.3, 0.4) is 0 Å². The zero-order valence-electron chi connectivity index (χ0n) is 14.8. The van der Waals surface area contributed by atoms with Gasteiger partial charge in [-0.2, -0.15) is 0 Å². The van der Waals surface area contributed by atoms with Crippen LogP contribution in [0.25, 0.3) is 0 Å². The Kier molecular flexibility index (Phi) is 7.80. The molecule has 29 heavy (non-hydrogen) atoms. The SMILES string of the molecule is N[C@H](C(=O)O)[C@H](OCc1cccc(NC(=O)Nc2ccc(Cl)cc2Cl)c1)C(=O)O. The summed E-state index contributed by atoms with van der Waals surface area (Å²) < 4.78 is 5.13. The molecule has 0 aliphatic heterocycles. The molecule has 154 valence electrons. The number of nitrogens with one attached hydrogen (secondary N) is 2. The highest BCUT2D eigenvalue weighted by Crippen LogP contribution is 2.25. The van der Waals surface area contributed by atoms with Gasteiger partial charge in [0.25, 0.3) is 0 Å². The minimum atomic E-state index is -1.72. The van der Waals surface area contributed by atoms with Crippen LogP contribution in [0, 0.1) is 0 Å². The van der Waals surface area contributed by atoms with E-state index in [0.717, 1.165) is 0 Å². The molecule has 0 heterocycles. The molecule has 0 radical (unpaired) electrons. The quantitative estimate of drug-likeness (QED) is 0.422. The Hall–Kier alpha value is -2.85. The zero-order chi connectivity index (χ0) is 21.6. The molecular formula is C18H17Cl2N3O6. The van der Waals surface area contributed by atoms with Crippen molar-refractivity contribution < 1.29 is 29.3 Å². The first-order valence-electron chi connectivity index (χ1n) is 8.12. The minimum absolute atomic E-state index is 0.224. The predicted molar refractivity (Wildman–Crippen MR) is 107 cm³/mol. The van der Waals surface area contributed by atoms with Crippen LogP contribution in [-0.4, -0.2) is 40.3 Å². The highest BCUT2D eigenvalue weighted by molar-refractivity contribution is 6.36. The van der Waals surface area contributed by atoms with Gasteiger partial charge in [-0.25, -0.2) is 9.59 Å². The summed E-state index contributed by atoms with van der Waals surface area (Å²) in [6, 6.07) is 8.68. The summed E-state index contributed by atoms with van der Waals surface area (Å²) in [6.45, 7) is -0.224. The second-order valence-electron chi connectivity index (χ2n) is 5.84. The lowest BCUT2D eigenvalue weighted by Crippen LogP contribution is -2.47.